The molecule has 1 aliphatic rings. The summed E-state index contributed by atoms with van der Waals surface area (Å²) in [5.74, 6) is 1.24. The normalized spacial score (nSPS) is 28.2. The quantitative estimate of drug-likeness (QED) is 0.884. The minimum absolute atomic E-state index is 0.429. The summed E-state index contributed by atoms with van der Waals surface area (Å²) in [4.78, 5) is 1.34. The van der Waals surface area contributed by atoms with Gasteiger partial charge in [-0.15, -0.1) is 11.3 Å². The van der Waals surface area contributed by atoms with E-state index < -0.39 is 0 Å². The Hall–Kier alpha value is 0.300. The van der Waals surface area contributed by atoms with E-state index >= 15 is 0 Å². The Morgan fingerprint density at radius 2 is 2.33 bits per heavy atom. The molecule has 4 heteroatoms. The molecule has 1 aromatic rings. The number of hydrogen-bond acceptors (Lipinski definition) is 3. The molecule has 1 aliphatic heterocycles. The summed E-state index contributed by atoms with van der Waals surface area (Å²) < 4.78 is 0.882. The van der Waals surface area contributed by atoms with Crippen LogP contribution in [0.1, 0.15) is 31.2 Å². The molecule has 15 heavy (non-hydrogen) atoms. The van der Waals surface area contributed by atoms with E-state index in [9.17, 15) is 0 Å². The molecular formula is C11H16ClNS2. The van der Waals surface area contributed by atoms with Crippen LogP contribution in [0.5, 0.6) is 0 Å². The molecular weight excluding hydrogens is 246 g/mol. The Labute approximate surface area is 105 Å². The Morgan fingerprint density at radius 1 is 1.53 bits per heavy atom. The molecule has 1 saturated heterocycles. The van der Waals surface area contributed by atoms with Crippen molar-refractivity contribution < 1.29 is 0 Å². The van der Waals surface area contributed by atoms with E-state index in [2.05, 4.69) is 37.0 Å². The number of thiophene rings is 1. The Morgan fingerprint density at radius 3 is 2.87 bits per heavy atom. The number of thioether (sulfide) groups is 1. The standard InChI is InChI=1S/C11H16ClNS2/c1-7-5-9(6-14-7)13-8(2)10-3-4-11(12)15-10/h3-4,7-9,13H,5-6H2,1-2H3. The van der Waals surface area contributed by atoms with Gasteiger partial charge in [-0.05, 0) is 25.5 Å². The lowest BCUT2D eigenvalue weighted by molar-refractivity contribution is 0.479. The average Bonchev–Trinajstić information content (AvgIpc) is 2.75. The van der Waals surface area contributed by atoms with E-state index in [1.165, 1.54) is 17.1 Å². The second-order valence-corrected chi connectivity index (χ2v) is 7.32. The van der Waals surface area contributed by atoms with Crippen LogP contribution < -0.4 is 5.32 Å². The van der Waals surface area contributed by atoms with Crippen molar-refractivity contribution in [3.8, 4) is 0 Å². The minimum Gasteiger partial charge on any atom is -0.306 e. The fourth-order valence-corrected chi connectivity index (χ4v) is 4.16. The third-order valence-electron chi connectivity index (χ3n) is 2.70. The zero-order valence-electron chi connectivity index (χ0n) is 9.00. The Kier molecular flexibility index (Phi) is 3.99. The van der Waals surface area contributed by atoms with Crippen molar-refractivity contribution in [3.05, 3.63) is 21.3 Å². The van der Waals surface area contributed by atoms with Crippen molar-refractivity contribution in [1.29, 1.82) is 0 Å². The molecule has 1 N–H and O–H groups in total. The van der Waals surface area contributed by atoms with Gasteiger partial charge in [0.25, 0.3) is 0 Å². The molecule has 0 aliphatic carbocycles. The van der Waals surface area contributed by atoms with E-state index in [1.54, 1.807) is 11.3 Å². The summed E-state index contributed by atoms with van der Waals surface area (Å²) in [5.41, 5.74) is 0. The van der Waals surface area contributed by atoms with Gasteiger partial charge in [-0.25, -0.2) is 0 Å². The molecule has 0 aromatic carbocycles. The lowest BCUT2D eigenvalue weighted by atomic mass is 10.1. The smallest absolute Gasteiger partial charge is 0.0931 e. The fraction of sp³-hybridized carbons (Fsp3) is 0.636. The lowest BCUT2D eigenvalue weighted by Gasteiger charge is -2.17. The van der Waals surface area contributed by atoms with Crippen molar-refractivity contribution >= 4 is 34.7 Å². The van der Waals surface area contributed by atoms with E-state index in [0.29, 0.717) is 12.1 Å². The summed E-state index contributed by atoms with van der Waals surface area (Å²) in [5, 5.41) is 4.48. The topological polar surface area (TPSA) is 12.0 Å². The van der Waals surface area contributed by atoms with Crippen LogP contribution in [0.25, 0.3) is 0 Å². The maximum Gasteiger partial charge on any atom is 0.0931 e. The van der Waals surface area contributed by atoms with Crippen LogP contribution >= 0.6 is 34.7 Å². The predicted octanol–water partition coefficient (Wildman–Crippen LogP) is 3.95. The van der Waals surface area contributed by atoms with Crippen LogP contribution in [0.2, 0.25) is 4.34 Å². The van der Waals surface area contributed by atoms with Crippen LogP contribution in [0.15, 0.2) is 12.1 Å². The Balaban J connectivity index is 1.89. The lowest BCUT2D eigenvalue weighted by Crippen LogP contribution is -2.31. The first kappa shape index (κ1) is 11.8. The van der Waals surface area contributed by atoms with Crippen LogP contribution in [0.4, 0.5) is 0 Å². The van der Waals surface area contributed by atoms with Gasteiger partial charge in [0.2, 0.25) is 0 Å². The maximum atomic E-state index is 5.93. The van der Waals surface area contributed by atoms with E-state index in [-0.39, 0.29) is 0 Å². The van der Waals surface area contributed by atoms with Gasteiger partial charge in [-0.3, -0.25) is 0 Å². The fourth-order valence-electron chi connectivity index (χ4n) is 1.93. The largest absolute Gasteiger partial charge is 0.306 e. The van der Waals surface area contributed by atoms with Gasteiger partial charge in [-0.2, -0.15) is 11.8 Å². The number of nitrogens with one attached hydrogen (secondary N) is 1. The van der Waals surface area contributed by atoms with Gasteiger partial charge < -0.3 is 5.32 Å². The molecule has 2 heterocycles. The molecule has 1 aromatic heterocycles. The molecule has 1 fully saturated rings. The molecule has 3 unspecified atom stereocenters. The summed E-state index contributed by atoms with van der Waals surface area (Å²) in [6.45, 7) is 4.52. The highest BCUT2D eigenvalue weighted by molar-refractivity contribution is 8.00. The molecule has 2 rings (SSSR count). The van der Waals surface area contributed by atoms with Gasteiger partial charge in [0.05, 0.1) is 4.34 Å². The summed E-state index contributed by atoms with van der Waals surface area (Å²) in [6, 6.07) is 5.20. The van der Waals surface area contributed by atoms with Crippen molar-refractivity contribution in [1.82, 2.24) is 5.32 Å². The van der Waals surface area contributed by atoms with Gasteiger partial charge in [-0.1, -0.05) is 18.5 Å². The van der Waals surface area contributed by atoms with Gasteiger partial charge >= 0.3 is 0 Å². The van der Waals surface area contributed by atoms with E-state index in [4.69, 9.17) is 11.6 Å². The predicted molar refractivity (Wildman–Crippen MR) is 71.2 cm³/mol. The highest BCUT2D eigenvalue weighted by Crippen LogP contribution is 2.30. The summed E-state index contributed by atoms with van der Waals surface area (Å²) in [7, 11) is 0. The number of hydrogen-bond donors (Lipinski definition) is 1. The van der Waals surface area contributed by atoms with Crippen LogP contribution in [0, 0.1) is 0 Å². The molecule has 0 bridgehead atoms. The zero-order chi connectivity index (χ0) is 10.8. The molecule has 0 radical (unpaired) electrons. The molecule has 84 valence electrons. The van der Waals surface area contributed by atoms with Crippen molar-refractivity contribution in [2.24, 2.45) is 0 Å². The second-order valence-electron chi connectivity index (χ2n) is 4.11. The van der Waals surface area contributed by atoms with E-state index in [0.717, 1.165) is 9.59 Å². The number of halogens is 1. The molecule has 0 saturated carbocycles. The molecule has 1 nitrogen and oxygen atoms in total. The van der Waals surface area contributed by atoms with Crippen molar-refractivity contribution in [2.45, 2.75) is 37.6 Å². The van der Waals surface area contributed by atoms with Gasteiger partial charge in [0.15, 0.2) is 0 Å². The zero-order valence-corrected chi connectivity index (χ0v) is 11.4. The third kappa shape index (κ3) is 3.13. The average molecular weight is 262 g/mol. The molecule has 3 atom stereocenters. The first-order chi connectivity index (χ1) is 7.15. The molecule has 0 spiro atoms. The monoisotopic (exact) mass is 261 g/mol. The van der Waals surface area contributed by atoms with Gasteiger partial charge in [0.1, 0.15) is 0 Å². The highest BCUT2D eigenvalue weighted by atomic mass is 35.5. The highest BCUT2D eigenvalue weighted by Gasteiger charge is 2.23. The van der Waals surface area contributed by atoms with Crippen LogP contribution in [-0.4, -0.2) is 17.0 Å². The van der Waals surface area contributed by atoms with Gasteiger partial charge in [0, 0.05) is 28.0 Å². The first-order valence-electron chi connectivity index (χ1n) is 5.28. The summed E-state index contributed by atoms with van der Waals surface area (Å²) >= 11 is 9.67. The Bertz CT molecular complexity index is 326. The maximum absolute atomic E-state index is 5.93. The van der Waals surface area contributed by atoms with Crippen LogP contribution in [0.3, 0.4) is 0 Å². The van der Waals surface area contributed by atoms with Crippen molar-refractivity contribution in [3.63, 3.8) is 0 Å². The van der Waals surface area contributed by atoms with Crippen molar-refractivity contribution in [2.75, 3.05) is 5.75 Å². The SMILES string of the molecule is CC1CC(NC(C)c2ccc(Cl)s2)CS1. The summed E-state index contributed by atoms with van der Waals surface area (Å²) in [6.07, 6.45) is 1.29. The third-order valence-corrected chi connectivity index (χ3v) is 5.48. The number of rotatable bonds is 3. The van der Waals surface area contributed by atoms with E-state index in [1.807, 2.05) is 6.07 Å². The first-order valence-corrected chi connectivity index (χ1v) is 7.52. The second kappa shape index (κ2) is 5.09. The van der Waals surface area contributed by atoms with Crippen LogP contribution in [-0.2, 0) is 0 Å². The molecule has 0 amide bonds. The minimum atomic E-state index is 0.429.